The Morgan fingerprint density at radius 2 is 1.96 bits per heavy atom. The van der Waals surface area contributed by atoms with Crippen LogP contribution in [0.3, 0.4) is 0 Å². The lowest BCUT2D eigenvalue weighted by atomic mass is 9.90. The molecule has 0 aromatic heterocycles. The maximum Gasteiger partial charge on any atom is 0.132 e. The van der Waals surface area contributed by atoms with E-state index in [9.17, 15) is 9.50 Å². The monoisotopic (exact) mass is 399 g/mol. The van der Waals surface area contributed by atoms with Crippen LogP contribution >= 0.6 is 23.2 Å². The predicted molar refractivity (Wildman–Crippen MR) is 99.2 cm³/mol. The Labute approximate surface area is 161 Å². The van der Waals surface area contributed by atoms with Crippen molar-refractivity contribution in [3.05, 3.63) is 63.4 Å². The summed E-state index contributed by atoms with van der Waals surface area (Å²) in [6.45, 7) is 3.74. The average molecular weight is 400 g/mol. The molecule has 0 aliphatic carbocycles. The molecule has 2 atom stereocenters. The zero-order chi connectivity index (χ0) is 18.9. The molecule has 0 spiro atoms. The summed E-state index contributed by atoms with van der Waals surface area (Å²) in [7, 11) is 0. The van der Waals surface area contributed by atoms with Gasteiger partial charge in [-0.25, -0.2) is 4.39 Å². The molecule has 0 radical (unpaired) electrons. The van der Waals surface area contributed by atoms with Gasteiger partial charge in [-0.3, -0.25) is 0 Å². The third kappa shape index (κ3) is 4.13. The van der Waals surface area contributed by atoms with Crippen LogP contribution in [0.4, 0.5) is 4.39 Å². The van der Waals surface area contributed by atoms with E-state index in [2.05, 4.69) is 0 Å². The van der Waals surface area contributed by atoms with E-state index < -0.39 is 18.0 Å². The van der Waals surface area contributed by atoms with Crippen LogP contribution in [0.1, 0.15) is 30.2 Å². The molecule has 3 rings (SSSR count). The summed E-state index contributed by atoms with van der Waals surface area (Å²) in [5.41, 5.74) is 6.69. The third-order valence-electron chi connectivity index (χ3n) is 4.45. The van der Waals surface area contributed by atoms with Crippen LogP contribution in [-0.2, 0) is 4.74 Å². The lowest BCUT2D eigenvalue weighted by Crippen LogP contribution is -2.44. The van der Waals surface area contributed by atoms with E-state index in [1.54, 1.807) is 24.3 Å². The van der Waals surface area contributed by atoms with E-state index in [1.807, 2.05) is 6.92 Å². The Morgan fingerprint density at radius 3 is 2.54 bits per heavy atom. The van der Waals surface area contributed by atoms with Crippen molar-refractivity contribution in [3.8, 4) is 5.75 Å². The Hall–Kier alpha value is -1.37. The summed E-state index contributed by atoms with van der Waals surface area (Å²) in [5.74, 6) is -0.185. The summed E-state index contributed by atoms with van der Waals surface area (Å²) in [6.07, 6.45) is -1.24. The summed E-state index contributed by atoms with van der Waals surface area (Å²) >= 11 is 11.9. The Morgan fingerprint density at radius 1 is 1.23 bits per heavy atom. The van der Waals surface area contributed by atoms with E-state index in [-0.39, 0.29) is 11.0 Å². The van der Waals surface area contributed by atoms with E-state index in [4.69, 9.17) is 38.4 Å². The normalized spacial score (nSPS) is 18.1. The molecule has 2 aromatic rings. The fourth-order valence-corrected chi connectivity index (χ4v) is 3.03. The summed E-state index contributed by atoms with van der Waals surface area (Å²) in [4.78, 5) is 0. The maximum absolute atomic E-state index is 14.5. The lowest BCUT2D eigenvalue weighted by molar-refractivity contribution is -0.120. The smallest absolute Gasteiger partial charge is 0.132 e. The number of ether oxygens (including phenoxy) is 2. The molecule has 0 bridgehead atoms. The quantitative estimate of drug-likeness (QED) is 0.760. The first kappa shape index (κ1) is 19.4. The molecule has 2 aromatic carbocycles. The number of benzene rings is 2. The van der Waals surface area contributed by atoms with Gasteiger partial charge in [-0.05, 0) is 29.8 Å². The molecule has 0 saturated carbocycles. The molecule has 4 nitrogen and oxygen atoms in total. The predicted octanol–water partition coefficient (Wildman–Crippen LogP) is 4.28. The minimum atomic E-state index is -1.24. The van der Waals surface area contributed by atoms with Gasteiger partial charge in [0, 0.05) is 17.0 Å². The van der Waals surface area contributed by atoms with Crippen molar-refractivity contribution in [2.45, 2.75) is 19.1 Å². The van der Waals surface area contributed by atoms with Crippen LogP contribution in [0, 0.1) is 11.2 Å². The third-order valence-corrected chi connectivity index (χ3v) is 5.19. The van der Waals surface area contributed by atoms with Crippen molar-refractivity contribution in [2.24, 2.45) is 11.1 Å². The van der Waals surface area contributed by atoms with Crippen LogP contribution in [0.2, 0.25) is 10.0 Å². The second kappa shape index (κ2) is 7.71. The molecule has 1 aliphatic rings. The molecule has 1 heterocycles. The van der Waals surface area contributed by atoms with E-state index >= 15 is 0 Å². The first-order valence-electron chi connectivity index (χ1n) is 8.18. The molecule has 140 valence electrons. The van der Waals surface area contributed by atoms with E-state index in [0.717, 1.165) is 0 Å². The number of aliphatic hydroxyl groups is 1. The molecular weight excluding hydrogens is 380 g/mol. The van der Waals surface area contributed by atoms with Gasteiger partial charge in [0.25, 0.3) is 0 Å². The summed E-state index contributed by atoms with van der Waals surface area (Å²) < 4.78 is 25.3. The molecule has 0 amide bonds. The van der Waals surface area contributed by atoms with Crippen molar-refractivity contribution >= 4 is 23.2 Å². The van der Waals surface area contributed by atoms with Crippen LogP contribution in [0.5, 0.6) is 5.75 Å². The first-order chi connectivity index (χ1) is 12.3. The summed E-state index contributed by atoms with van der Waals surface area (Å²) in [5, 5.41) is 11.2. The van der Waals surface area contributed by atoms with Crippen LogP contribution in [-0.4, -0.2) is 24.9 Å². The van der Waals surface area contributed by atoms with Gasteiger partial charge in [0.1, 0.15) is 17.7 Å². The number of hydrogen-bond donors (Lipinski definition) is 2. The fourth-order valence-electron chi connectivity index (χ4n) is 2.72. The second-order valence-electron chi connectivity index (χ2n) is 6.92. The molecular formula is C19H20Cl2FNO3. The van der Waals surface area contributed by atoms with Gasteiger partial charge in [-0.15, -0.1) is 0 Å². The van der Waals surface area contributed by atoms with Crippen LogP contribution in [0.15, 0.2) is 36.4 Å². The van der Waals surface area contributed by atoms with Crippen molar-refractivity contribution < 1.29 is 19.0 Å². The number of nitrogens with two attached hydrogens (primary N) is 1. The van der Waals surface area contributed by atoms with Gasteiger partial charge in [-0.2, -0.15) is 0 Å². The largest absolute Gasteiger partial charge is 0.493 e. The van der Waals surface area contributed by atoms with Crippen LogP contribution < -0.4 is 10.5 Å². The minimum Gasteiger partial charge on any atom is -0.493 e. The standard InChI is InChI=1S/C19H20Cl2FNO3/c1-19(8-25-9-19)10-26-12-3-4-13(16(22)7-12)18(24)17(23)11-2-5-14(20)15(21)6-11/h2-7,17-18,24H,8-10,23H2,1H3. The van der Waals surface area contributed by atoms with Crippen molar-refractivity contribution in [3.63, 3.8) is 0 Å². The number of halogens is 3. The van der Waals surface area contributed by atoms with E-state index in [0.29, 0.717) is 41.2 Å². The second-order valence-corrected chi connectivity index (χ2v) is 7.73. The highest BCUT2D eigenvalue weighted by atomic mass is 35.5. The van der Waals surface area contributed by atoms with Gasteiger partial charge < -0.3 is 20.3 Å². The lowest BCUT2D eigenvalue weighted by Gasteiger charge is -2.37. The zero-order valence-electron chi connectivity index (χ0n) is 14.2. The molecule has 1 saturated heterocycles. The zero-order valence-corrected chi connectivity index (χ0v) is 15.7. The number of aliphatic hydroxyl groups excluding tert-OH is 1. The molecule has 1 aliphatic heterocycles. The highest BCUT2D eigenvalue weighted by molar-refractivity contribution is 6.42. The number of hydrogen-bond acceptors (Lipinski definition) is 4. The minimum absolute atomic E-state index is 0.0368. The Balaban J connectivity index is 1.72. The first-order valence-corrected chi connectivity index (χ1v) is 8.93. The molecule has 1 fully saturated rings. The van der Waals surface area contributed by atoms with Crippen molar-refractivity contribution in [1.82, 2.24) is 0 Å². The van der Waals surface area contributed by atoms with Gasteiger partial charge in [0.15, 0.2) is 0 Å². The Bertz CT molecular complexity index is 798. The van der Waals surface area contributed by atoms with Crippen LogP contribution in [0.25, 0.3) is 0 Å². The fraction of sp³-hybridized carbons (Fsp3) is 0.368. The van der Waals surface area contributed by atoms with Crippen molar-refractivity contribution in [1.29, 1.82) is 0 Å². The van der Waals surface area contributed by atoms with Gasteiger partial charge >= 0.3 is 0 Å². The molecule has 7 heteroatoms. The maximum atomic E-state index is 14.5. The topological polar surface area (TPSA) is 64.7 Å². The number of rotatable bonds is 6. The molecule has 2 unspecified atom stereocenters. The summed E-state index contributed by atoms with van der Waals surface area (Å²) in [6, 6.07) is 8.30. The van der Waals surface area contributed by atoms with Gasteiger partial charge in [0.05, 0.1) is 35.9 Å². The Kier molecular flexibility index (Phi) is 5.75. The van der Waals surface area contributed by atoms with Gasteiger partial charge in [0.2, 0.25) is 0 Å². The highest BCUT2D eigenvalue weighted by Crippen LogP contribution is 2.33. The van der Waals surface area contributed by atoms with Gasteiger partial charge in [-0.1, -0.05) is 36.2 Å². The van der Waals surface area contributed by atoms with E-state index in [1.165, 1.54) is 12.1 Å². The SMILES string of the molecule is CC1(COc2ccc(C(O)C(N)c3ccc(Cl)c(Cl)c3)c(F)c2)COC1. The molecule has 3 N–H and O–H groups in total. The van der Waals surface area contributed by atoms with Crippen molar-refractivity contribution in [2.75, 3.05) is 19.8 Å². The highest BCUT2D eigenvalue weighted by Gasteiger charge is 2.34. The average Bonchev–Trinajstić information content (AvgIpc) is 2.59. The molecule has 26 heavy (non-hydrogen) atoms.